The zero-order valence-corrected chi connectivity index (χ0v) is 22.4. The molecule has 0 aromatic heterocycles. The number of hydrogen-bond acceptors (Lipinski definition) is 6. The Morgan fingerprint density at radius 3 is 2.62 bits per heavy atom. The Labute approximate surface area is 234 Å². The van der Waals surface area contributed by atoms with Crippen LogP contribution in [0.3, 0.4) is 0 Å². The summed E-state index contributed by atoms with van der Waals surface area (Å²) in [6.07, 6.45) is 6.15. The molecule has 3 fully saturated rings. The number of imide groups is 2. The largest absolute Gasteiger partial charge is 0.504 e. The van der Waals surface area contributed by atoms with Gasteiger partial charge in [0.15, 0.2) is 11.5 Å². The van der Waals surface area contributed by atoms with Crippen molar-refractivity contribution in [3.63, 3.8) is 0 Å². The minimum atomic E-state index is -1.22. The normalized spacial score (nSPS) is 31.1. The summed E-state index contributed by atoms with van der Waals surface area (Å²) in [7, 11) is 1.44. The van der Waals surface area contributed by atoms with Crippen molar-refractivity contribution in [2.24, 2.45) is 35.0 Å². The summed E-state index contributed by atoms with van der Waals surface area (Å²) in [6.45, 7) is 1.75. The maximum atomic E-state index is 14.2. The molecular weight excluding hydrogens is 539 g/mol. The van der Waals surface area contributed by atoms with E-state index in [1.54, 1.807) is 25.1 Å². The molecule has 2 saturated heterocycles. The second kappa shape index (κ2) is 9.30. The molecule has 40 heavy (non-hydrogen) atoms. The predicted octanol–water partition coefficient (Wildman–Crippen LogP) is 4.26. The number of benzene rings is 2. The topological polar surface area (TPSA) is 113 Å². The molecule has 0 bridgehead atoms. The molecule has 2 aromatic rings. The van der Waals surface area contributed by atoms with Crippen molar-refractivity contribution in [3.8, 4) is 11.5 Å². The van der Waals surface area contributed by atoms with Crippen LogP contribution in [0, 0.1) is 40.8 Å². The van der Waals surface area contributed by atoms with E-state index in [4.69, 9.17) is 16.3 Å². The molecule has 206 valence electrons. The number of carbonyl (C=O) groups is 4. The lowest BCUT2D eigenvalue weighted by Crippen LogP contribution is -2.49. The highest BCUT2D eigenvalue weighted by Crippen LogP contribution is 2.60. The second-order valence-electron chi connectivity index (χ2n) is 10.9. The van der Waals surface area contributed by atoms with Gasteiger partial charge in [0.25, 0.3) is 0 Å². The van der Waals surface area contributed by atoms with Gasteiger partial charge in [0.05, 0.1) is 41.0 Å². The number of hydrogen-bond donors (Lipinski definition) is 2. The third kappa shape index (κ3) is 3.71. The predicted molar refractivity (Wildman–Crippen MR) is 144 cm³/mol. The third-order valence-corrected chi connectivity index (χ3v) is 9.33. The fraction of sp³-hybridized carbons (Fsp3) is 0.333. The molecule has 6 atom stereocenters. The highest BCUT2D eigenvalue weighted by atomic mass is 35.5. The van der Waals surface area contributed by atoms with Crippen molar-refractivity contribution in [1.29, 1.82) is 0 Å². The second-order valence-corrected chi connectivity index (χ2v) is 11.4. The molecule has 2 aromatic carbocycles. The Kier molecular flexibility index (Phi) is 6.10. The number of fused-ring (bicyclic) bond motifs is 4. The highest BCUT2D eigenvalue weighted by molar-refractivity contribution is 6.31. The van der Waals surface area contributed by atoms with E-state index >= 15 is 0 Å². The average molecular weight is 565 g/mol. The smallest absolute Gasteiger partial charge is 0.241 e. The van der Waals surface area contributed by atoms with Crippen molar-refractivity contribution in [2.75, 3.05) is 12.0 Å². The van der Waals surface area contributed by atoms with E-state index in [0.29, 0.717) is 12.0 Å². The van der Waals surface area contributed by atoms with Crippen LogP contribution in [-0.2, 0) is 19.2 Å². The standard InChI is InChI=1S/C30H26ClFN2O6/c1-30-19(8-3-14-4-10-23(35)24(11-14)40-2)16-6-7-17-25(27(37)33-26(17)36)18(16)13-20(30)28(38)34(29(30)39)15-5-9-22(32)21(31)12-15/h3-6,8-12,17-20,25,35H,7,13H2,1-2H3,(H,33,36,37)/t17-,18+,19-,20-,25-,30-/m0/s1. The van der Waals surface area contributed by atoms with E-state index in [2.05, 4.69) is 5.32 Å². The lowest BCUT2D eigenvalue weighted by atomic mass is 9.52. The van der Waals surface area contributed by atoms with Gasteiger partial charge in [-0.1, -0.05) is 41.5 Å². The first-order valence-corrected chi connectivity index (χ1v) is 13.4. The van der Waals surface area contributed by atoms with Crippen molar-refractivity contribution in [2.45, 2.75) is 19.8 Å². The molecule has 0 radical (unpaired) electrons. The van der Waals surface area contributed by atoms with Crippen LogP contribution in [-0.4, -0.2) is 35.8 Å². The van der Waals surface area contributed by atoms with Crippen LogP contribution < -0.4 is 15.0 Å². The monoisotopic (exact) mass is 564 g/mol. The summed E-state index contributed by atoms with van der Waals surface area (Å²) >= 11 is 6.00. The molecule has 2 N–H and O–H groups in total. The van der Waals surface area contributed by atoms with E-state index < -0.39 is 52.6 Å². The van der Waals surface area contributed by atoms with Crippen LogP contribution >= 0.6 is 11.6 Å². The van der Waals surface area contributed by atoms with Crippen molar-refractivity contribution < 1.29 is 33.4 Å². The molecule has 10 heteroatoms. The van der Waals surface area contributed by atoms with E-state index in [9.17, 15) is 28.7 Å². The molecule has 4 amide bonds. The van der Waals surface area contributed by atoms with Crippen molar-refractivity contribution in [3.05, 3.63) is 70.5 Å². The molecule has 2 aliphatic heterocycles. The summed E-state index contributed by atoms with van der Waals surface area (Å²) in [5.74, 6) is -4.93. The van der Waals surface area contributed by atoms with E-state index in [-0.39, 0.29) is 40.4 Å². The number of phenolic OH excluding ortho intramolecular Hbond substituents is 1. The quantitative estimate of drug-likeness (QED) is 0.424. The molecule has 0 unspecified atom stereocenters. The first kappa shape index (κ1) is 26.3. The number of ether oxygens (including phenoxy) is 1. The van der Waals surface area contributed by atoms with Crippen LogP contribution in [0.4, 0.5) is 10.1 Å². The van der Waals surface area contributed by atoms with Crippen molar-refractivity contribution in [1.82, 2.24) is 5.32 Å². The lowest BCUT2D eigenvalue weighted by Gasteiger charge is -2.47. The number of phenols is 1. The van der Waals surface area contributed by atoms with Gasteiger partial charge >= 0.3 is 0 Å². The molecule has 8 nitrogen and oxygen atoms in total. The molecule has 2 aliphatic carbocycles. The summed E-state index contributed by atoms with van der Waals surface area (Å²) in [4.78, 5) is 54.6. The van der Waals surface area contributed by atoms with Crippen molar-refractivity contribution >= 4 is 47.0 Å². The van der Waals surface area contributed by atoms with Crippen LogP contribution in [0.5, 0.6) is 11.5 Å². The number of amides is 4. The van der Waals surface area contributed by atoms with E-state index in [1.807, 2.05) is 12.2 Å². The minimum Gasteiger partial charge on any atom is -0.504 e. The Hall–Kier alpha value is -3.98. The van der Waals surface area contributed by atoms with Gasteiger partial charge in [-0.15, -0.1) is 0 Å². The number of methoxy groups -OCH3 is 1. The third-order valence-electron chi connectivity index (χ3n) is 9.04. The molecular formula is C30H26ClFN2O6. The number of allylic oxidation sites excluding steroid dienone is 3. The van der Waals surface area contributed by atoms with Gasteiger partial charge in [0.1, 0.15) is 5.82 Å². The minimum absolute atomic E-state index is 0.0208. The number of anilines is 1. The number of nitrogens with zero attached hydrogens (tertiary/aromatic N) is 1. The Morgan fingerprint density at radius 1 is 1.12 bits per heavy atom. The molecule has 0 spiro atoms. The van der Waals surface area contributed by atoms with Gasteiger partial charge in [0.2, 0.25) is 23.6 Å². The molecule has 1 saturated carbocycles. The van der Waals surface area contributed by atoms with Gasteiger partial charge in [-0.05, 0) is 61.6 Å². The molecule has 4 aliphatic rings. The highest BCUT2D eigenvalue weighted by Gasteiger charge is 2.66. The van der Waals surface area contributed by atoms with Gasteiger partial charge < -0.3 is 9.84 Å². The lowest BCUT2D eigenvalue weighted by molar-refractivity contribution is -0.132. The van der Waals surface area contributed by atoms with Crippen LogP contribution in [0.2, 0.25) is 5.02 Å². The molecule has 6 rings (SSSR count). The maximum absolute atomic E-state index is 14.2. The fourth-order valence-electron chi connectivity index (χ4n) is 7.00. The van der Waals surface area contributed by atoms with Crippen LogP contribution in [0.25, 0.3) is 6.08 Å². The maximum Gasteiger partial charge on any atom is 0.241 e. The van der Waals surface area contributed by atoms with Crippen LogP contribution in [0.1, 0.15) is 25.3 Å². The van der Waals surface area contributed by atoms with E-state index in [1.165, 1.54) is 25.3 Å². The summed E-state index contributed by atoms with van der Waals surface area (Å²) in [5.41, 5.74) is 0.488. The summed E-state index contributed by atoms with van der Waals surface area (Å²) in [6, 6.07) is 8.55. The Balaban J connectivity index is 1.47. The van der Waals surface area contributed by atoms with E-state index in [0.717, 1.165) is 16.5 Å². The van der Waals surface area contributed by atoms with Gasteiger partial charge in [-0.25, -0.2) is 9.29 Å². The number of aromatic hydroxyl groups is 1. The first-order valence-electron chi connectivity index (χ1n) is 13.0. The number of rotatable bonds is 4. The SMILES string of the molecule is COc1cc(C=C[C@H]2C3=CC[C@@H]4C(=O)NC(=O)[C@@H]4[C@@H]3C[C@H]3C(=O)N(c4ccc(F)c(Cl)c4)C(=O)[C@@]23C)ccc1O. The van der Waals surface area contributed by atoms with Gasteiger partial charge in [-0.3, -0.25) is 24.5 Å². The Bertz CT molecular complexity index is 1550. The number of nitrogens with one attached hydrogen (secondary N) is 1. The zero-order valence-electron chi connectivity index (χ0n) is 21.7. The number of halogens is 2. The fourth-order valence-corrected chi connectivity index (χ4v) is 7.18. The van der Waals surface area contributed by atoms with Crippen LogP contribution in [0.15, 0.2) is 54.1 Å². The Morgan fingerprint density at radius 2 is 1.90 bits per heavy atom. The summed E-state index contributed by atoms with van der Waals surface area (Å²) in [5, 5.41) is 12.2. The summed E-state index contributed by atoms with van der Waals surface area (Å²) < 4.78 is 19.1. The number of carbonyl (C=O) groups excluding carboxylic acids is 4. The molecule has 2 heterocycles. The first-order chi connectivity index (χ1) is 19.1. The zero-order chi connectivity index (χ0) is 28.5. The average Bonchev–Trinajstić information content (AvgIpc) is 3.33. The van der Waals surface area contributed by atoms with Gasteiger partial charge in [-0.2, -0.15) is 0 Å². The van der Waals surface area contributed by atoms with Gasteiger partial charge in [0, 0.05) is 5.92 Å².